The summed E-state index contributed by atoms with van der Waals surface area (Å²) in [7, 11) is 1.64. The van der Waals surface area contributed by atoms with Crippen molar-refractivity contribution >= 4 is 21.8 Å². The van der Waals surface area contributed by atoms with Gasteiger partial charge >= 0.3 is 0 Å². The molecule has 6 heteroatoms. The summed E-state index contributed by atoms with van der Waals surface area (Å²) in [5.74, 6) is 0.473. The number of halogens is 1. The van der Waals surface area contributed by atoms with Crippen molar-refractivity contribution in [1.29, 1.82) is 0 Å². The SMILES string of the molecule is COCCCNC(=O)C(C)Oc1cc(Br)ccc1C(C)N. The fourth-order valence-electron chi connectivity index (χ4n) is 1.80. The van der Waals surface area contributed by atoms with Crippen molar-refractivity contribution in [2.24, 2.45) is 5.73 Å². The number of nitrogens with one attached hydrogen (secondary N) is 1. The molecule has 2 unspecified atom stereocenters. The number of carbonyl (C=O) groups excluding carboxylic acids is 1. The monoisotopic (exact) mass is 358 g/mol. The van der Waals surface area contributed by atoms with Crippen molar-refractivity contribution in [2.75, 3.05) is 20.3 Å². The summed E-state index contributed by atoms with van der Waals surface area (Å²) in [5, 5.41) is 2.81. The minimum atomic E-state index is -0.584. The number of methoxy groups -OCH3 is 1. The highest BCUT2D eigenvalue weighted by Gasteiger charge is 2.17. The molecule has 0 fully saturated rings. The highest BCUT2D eigenvalue weighted by atomic mass is 79.9. The summed E-state index contributed by atoms with van der Waals surface area (Å²) >= 11 is 3.40. The molecular weight excluding hydrogens is 336 g/mol. The standard InChI is InChI=1S/C15H23BrN2O3/c1-10(17)13-6-5-12(16)9-14(13)21-11(2)15(19)18-7-4-8-20-3/h5-6,9-11H,4,7-8,17H2,1-3H3,(H,18,19). The Labute approximate surface area is 134 Å². The predicted octanol–water partition coefficient (Wildman–Crippen LogP) is 2.39. The molecule has 1 aromatic rings. The van der Waals surface area contributed by atoms with Gasteiger partial charge in [-0.1, -0.05) is 22.0 Å². The molecule has 5 nitrogen and oxygen atoms in total. The van der Waals surface area contributed by atoms with Crippen molar-refractivity contribution in [3.05, 3.63) is 28.2 Å². The summed E-state index contributed by atoms with van der Waals surface area (Å²) in [6.07, 6.45) is 0.191. The summed E-state index contributed by atoms with van der Waals surface area (Å²) < 4.78 is 11.6. The average Bonchev–Trinajstić information content (AvgIpc) is 2.43. The first kappa shape index (κ1) is 17.9. The lowest BCUT2D eigenvalue weighted by Crippen LogP contribution is -2.37. The number of rotatable bonds is 8. The Hall–Kier alpha value is -1.11. The normalized spacial score (nSPS) is 13.6. The van der Waals surface area contributed by atoms with Gasteiger partial charge < -0.3 is 20.5 Å². The molecule has 0 spiro atoms. The highest BCUT2D eigenvalue weighted by molar-refractivity contribution is 9.10. The van der Waals surface area contributed by atoms with Crippen LogP contribution in [-0.4, -0.2) is 32.3 Å². The van der Waals surface area contributed by atoms with E-state index in [1.54, 1.807) is 14.0 Å². The number of hydrogen-bond acceptors (Lipinski definition) is 4. The van der Waals surface area contributed by atoms with Crippen molar-refractivity contribution in [2.45, 2.75) is 32.4 Å². The van der Waals surface area contributed by atoms with Crippen molar-refractivity contribution < 1.29 is 14.3 Å². The number of benzene rings is 1. The molecule has 1 amide bonds. The molecule has 0 aromatic heterocycles. The summed E-state index contributed by atoms with van der Waals surface area (Å²) in [6, 6.07) is 5.46. The Morgan fingerprint density at radius 1 is 1.43 bits per heavy atom. The molecule has 1 aromatic carbocycles. The van der Waals surface area contributed by atoms with Gasteiger partial charge in [0.15, 0.2) is 6.10 Å². The van der Waals surface area contributed by atoms with Gasteiger partial charge in [-0.2, -0.15) is 0 Å². The molecule has 0 radical (unpaired) electrons. The Bertz CT molecular complexity index is 466. The molecule has 0 bridgehead atoms. The molecule has 21 heavy (non-hydrogen) atoms. The van der Waals surface area contributed by atoms with Crippen LogP contribution in [0.2, 0.25) is 0 Å². The Kier molecular flexibility index (Phi) is 7.71. The second-order valence-electron chi connectivity index (χ2n) is 4.87. The largest absolute Gasteiger partial charge is 0.481 e. The quantitative estimate of drug-likeness (QED) is 0.699. The maximum atomic E-state index is 12.0. The average molecular weight is 359 g/mol. The van der Waals surface area contributed by atoms with E-state index in [0.29, 0.717) is 18.9 Å². The third-order valence-corrected chi connectivity index (χ3v) is 3.46. The second-order valence-corrected chi connectivity index (χ2v) is 5.78. The molecule has 2 atom stereocenters. The van der Waals surface area contributed by atoms with E-state index in [2.05, 4.69) is 21.2 Å². The van der Waals surface area contributed by atoms with Gasteiger partial charge in [-0.05, 0) is 32.4 Å². The predicted molar refractivity (Wildman–Crippen MR) is 86.3 cm³/mol. The molecule has 118 valence electrons. The molecule has 0 saturated carbocycles. The first-order chi connectivity index (χ1) is 9.95. The van der Waals surface area contributed by atoms with E-state index in [-0.39, 0.29) is 11.9 Å². The minimum absolute atomic E-state index is 0.151. The number of hydrogen-bond donors (Lipinski definition) is 2. The first-order valence-electron chi connectivity index (χ1n) is 6.94. The lowest BCUT2D eigenvalue weighted by Gasteiger charge is -2.19. The first-order valence-corrected chi connectivity index (χ1v) is 7.73. The number of nitrogens with two attached hydrogens (primary N) is 1. The molecule has 0 aliphatic carbocycles. The third-order valence-electron chi connectivity index (χ3n) is 2.96. The van der Waals surface area contributed by atoms with E-state index in [1.807, 2.05) is 25.1 Å². The van der Waals surface area contributed by atoms with Crippen LogP contribution in [0, 0.1) is 0 Å². The summed E-state index contributed by atoms with van der Waals surface area (Å²) in [4.78, 5) is 12.0. The van der Waals surface area contributed by atoms with E-state index in [9.17, 15) is 4.79 Å². The smallest absolute Gasteiger partial charge is 0.260 e. The van der Waals surface area contributed by atoms with Crippen LogP contribution >= 0.6 is 15.9 Å². The third kappa shape index (κ3) is 6.03. The fourth-order valence-corrected chi connectivity index (χ4v) is 2.14. The molecule has 1 rings (SSSR count). The van der Waals surface area contributed by atoms with Crippen molar-refractivity contribution in [3.8, 4) is 5.75 Å². The van der Waals surface area contributed by atoms with Crippen LogP contribution < -0.4 is 15.8 Å². The fraction of sp³-hybridized carbons (Fsp3) is 0.533. The maximum Gasteiger partial charge on any atom is 0.260 e. The van der Waals surface area contributed by atoms with Crippen molar-refractivity contribution in [3.63, 3.8) is 0 Å². The molecular formula is C15H23BrN2O3. The van der Waals surface area contributed by atoms with Gasteiger partial charge in [-0.15, -0.1) is 0 Å². The lowest BCUT2D eigenvalue weighted by molar-refractivity contribution is -0.127. The van der Waals surface area contributed by atoms with Gasteiger partial charge in [0.25, 0.3) is 5.91 Å². The molecule has 0 saturated heterocycles. The van der Waals surface area contributed by atoms with E-state index in [4.69, 9.17) is 15.2 Å². The molecule has 0 aliphatic rings. The van der Waals surface area contributed by atoms with Crippen LogP contribution in [0.1, 0.15) is 31.9 Å². The van der Waals surface area contributed by atoms with Crippen LogP contribution in [0.5, 0.6) is 5.75 Å². The van der Waals surface area contributed by atoms with Crippen LogP contribution in [0.4, 0.5) is 0 Å². The van der Waals surface area contributed by atoms with Crippen LogP contribution in [-0.2, 0) is 9.53 Å². The topological polar surface area (TPSA) is 73.6 Å². The molecule has 0 heterocycles. The molecule has 0 aliphatic heterocycles. The van der Waals surface area contributed by atoms with Crippen molar-refractivity contribution in [1.82, 2.24) is 5.32 Å². The number of amides is 1. The van der Waals surface area contributed by atoms with Gasteiger partial charge in [0.1, 0.15) is 5.75 Å². The van der Waals surface area contributed by atoms with Crippen LogP contribution in [0.3, 0.4) is 0 Å². The van der Waals surface area contributed by atoms with Gasteiger partial charge in [-0.25, -0.2) is 0 Å². The van der Waals surface area contributed by atoms with Gasteiger partial charge in [0.2, 0.25) is 0 Å². The van der Waals surface area contributed by atoms with Gasteiger partial charge in [0.05, 0.1) is 0 Å². The zero-order valence-corrected chi connectivity index (χ0v) is 14.3. The maximum absolute atomic E-state index is 12.0. The van der Waals surface area contributed by atoms with Crippen LogP contribution in [0.25, 0.3) is 0 Å². The second kappa shape index (κ2) is 9.02. The highest BCUT2D eigenvalue weighted by Crippen LogP contribution is 2.28. The zero-order chi connectivity index (χ0) is 15.8. The van der Waals surface area contributed by atoms with Gasteiger partial charge in [-0.3, -0.25) is 4.79 Å². The van der Waals surface area contributed by atoms with E-state index in [0.717, 1.165) is 16.5 Å². The Balaban J connectivity index is 2.63. The Morgan fingerprint density at radius 3 is 2.76 bits per heavy atom. The van der Waals surface area contributed by atoms with E-state index in [1.165, 1.54) is 0 Å². The van der Waals surface area contributed by atoms with E-state index >= 15 is 0 Å². The van der Waals surface area contributed by atoms with Gasteiger partial charge in [0, 0.05) is 36.3 Å². The number of ether oxygens (including phenoxy) is 2. The minimum Gasteiger partial charge on any atom is -0.481 e. The summed E-state index contributed by atoms with van der Waals surface area (Å²) in [6.45, 7) is 4.79. The van der Waals surface area contributed by atoms with Crippen LogP contribution in [0.15, 0.2) is 22.7 Å². The zero-order valence-electron chi connectivity index (χ0n) is 12.7. The lowest BCUT2D eigenvalue weighted by atomic mass is 10.1. The Morgan fingerprint density at radius 2 is 2.14 bits per heavy atom. The summed E-state index contributed by atoms with van der Waals surface area (Å²) in [5.41, 5.74) is 6.79. The van der Waals surface area contributed by atoms with E-state index < -0.39 is 6.10 Å². The molecule has 3 N–H and O–H groups in total. The number of carbonyl (C=O) groups is 1.